The summed E-state index contributed by atoms with van der Waals surface area (Å²) < 4.78 is 0. The van der Waals surface area contributed by atoms with Gasteiger partial charge in [-0.25, -0.2) is 15.0 Å². The Morgan fingerprint density at radius 3 is 1.11 bits per heavy atom. The molecule has 0 spiro atoms. The minimum Gasteiger partial charge on any atom is -0.247 e. The molecule has 13 rings (SSSR count). The van der Waals surface area contributed by atoms with Gasteiger partial charge in [-0.1, -0.05) is 206 Å². The Morgan fingerprint density at radius 2 is 0.576 bits per heavy atom. The zero-order valence-electron chi connectivity index (χ0n) is 35.9. The van der Waals surface area contributed by atoms with Crippen LogP contribution in [-0.2, 0) is 0 Å². The molecule has 0 aliphatic rings. The second-order valence-corrected chi connectivity index (χ2v) is 17.1. The predicted molar refractivity (Wildman–Crippen MR) is 277 cm³/mol. The van der Waals surface area contributed by atoms with Gasteiger partial charge in [0, 0.05) is 33.0 Å². The number of fused-ring (bicyclic) bond motifs is 9. The average Bonchev–Trinajstić information content (AvgIpc) is 3.40. The van der Waals surface area contributed by atoms with Gasteiger partial charge in [-0.3, -0.25) is 0 Å². The first-order valence-corrected chi connectivity index (χ1v) is 22.5. The highest BCUT2D eigenvalue weighted by Gasteiger charge is 2.20. The first kappa shape index (κ1) is 37.7. The van der Waals surface area contributed by atoms with Crippen LogP contribution in [0.1, 0.15) is 0 Å². The topological polar surface area (TPSA) is 38.7 Å². The van der Waals surface area contributed by atoms with Crippen LogP contribution in [0.4, 0.5) is 0 Å². The van der Waals surface area contributed by atoms with E-state index in [0.29, 0.717) is 5.82 Å². The van der Waals surface area contributed by atoms with E-state index in [9.17, 15) is 0 Å². The molecule has 0 amide bonds. The number of hydrogen-bond acceptors (Lipinski definition) is 3. The van der Waals surface area contributed by atoms with Crippen molar-refractivity contribution in [1.29, 1.82) is 0 Å². The van der Waals surface area contributed by atoms with Crippen molar-refractivity contribution >= 4 is 64.8 Å². The molecule has 0 atom stereocenters. The molecule has 0 aliphatic heterocycles. The summed E-state index contributed by atoms with van der Waals surface area (Å²) in [5, 5.41) is 13.3. The molecule has 11 aromatic carbocycles. The molecule has 0 aliphatic carbocycles. The van der Waals surface area contributed by atoms with Crippen LogP contribution in [-0.4, -0.2) is 15.0 Å². The van der Waals surface area contributed by atoms with Crippen LogP contribution in [0.5, 0.6) is 0 Å². The smallest absolute Gasteiger partial charge is 0.160 e. The standard InChI is InChI=1S/C63H39N3/c1-3-17-40(18-4-1)60-39-61(66-63(65-60)43-19-5-2-6-20-43)42-33-31-41(32-34-42)59-38-57(55-36-45-22-8-10-24-47(45)49-26-12-14-28-51(49)55)58-37-56(52-29-15-16-30-53(52)62(58)64-59)54-35-44-21-7-9-23-46(44)48-25-11-13-27-50(48)54/h1-39H. The summed E-state index contributed by atoms with van der Waals surface area (Å²) in [4.78, 5) is 15.8. The molecule has 3 heteroatoms. The SMILES string of the molecule is c1ccc(-c2cc(-c3ccc(-c4cc(-c5cc6ccccc6c6ccccc56)c5cc(-c6cc7ccccc7c7ccccc67)c6ccccc6c5n4)cc3)nc(-c3ccccc3)n2)cc1. The number of rotatable bonds is 6. The van der Waals surface area contributed by atoms with Gasteiger partial charge >= 0.3 is 0 Å². The lowest BCUT2D eigenvalue weighted by molar-refractivity contribution is 1.18. The first-order chi connectivity index (χ1) is 32.7. The fourth-order valence-electron chi connectivity index (χ4n) is 10.1. The molecular formula is C63H39N3. The molecule has 66 heavy (non-hydrogen) atoms. The molecule has 13 aromatic rings. The zero-order chi connectivity index (χ0) is 43.6. The van der Waals surface area contributed by atoms with E-state index >= 15 is 0 Å². The third-order valence-electron chi connectivity index (χ3n) is 13.2. The van der Waals surface area contributed by atoms with E-state index in [1.165, 1.54) is 65.2 Å². The minimum absolute atomic E-state index is 0.697. The molecule has 0 N–H and O–H groups in total. The molecule has 0 saturated carbocycles. The molecule has 0 radical (unpaired) electrons. The van der Waals surface area contributed by atoms with E-state index in [4.69, 9.17) is 15.0 Å². The number of aromatic nitrogens is 3. The summed E-state index contributed by atoms with van der Waals surface area (Å²) in [7, 11) is 0. The average molecular weight is 838 g/mol. The fourth-order valence-corrected chi connectivity index (χ4v) is 10.1. The molecule has 0 bridgehead atoms. The Kier molecular flexibility index (Phi) is 8.85. The highest BCUT2D eigenvalue weighted by Crippen LogP contribution is 2.45. The molecule has 306 valence electrons. The van der Waals surface area contributed by atoms with Gasteiger partial charge in [-0.15, -0.1) is 0 Å². The molecule has 2 aromatic heterocycles. The van der Waals surface area contributed by atoms with Crippen LogP contribution in [0.2, 0.25) is 0 Å². The Morgan fingerprint density at radius 1 is 0.212 bits per heavy atom. The van der Waals surface area contributed by atoms with Gasteiger partial charge in [0.15, 0.2) is 5.82 Å². The van der Waals surface area contributed by atoms with E-state index in [2.05, 4.69) is 212 Å². The van der Waals surface area contributed by atoms with Gasteiger partial charge < -0.3 is 0 Å². The maximum absolute atomic E-state index is 5.63. The van der Waals surface area contributed by atoms with Crippen molar-refractivity contribution < 1.29 is 0 Å². The van der Waals surface area contributed by atoms with E-state index in [1.54, 1.807) is 0 Å². The second-order valence-electron chi connectivity index (χ2n) is 17.1. The quantitative estimate of drug-likeness (QED) is 0.157. The fraction of sp³-hybridized carbons (Fsp3) is 0. The van der Waals surface area contributed by atoms with Gasteiger partial charge in [0.25, 0.3) is 0 Å². The monoisotopic (exact) mass is 837 g/mol. The number of hydrogen-bond donors (Lipinski definition) is 0. The summed E-state index contributed by atoms with van der Waals surface area (Å²) in [6.45, 7) is 0. The highest BCUT2D eigenvalue weighted by molar-refractivity contribution is 6.23. The van der Waals surface area contributed by atoms with Gasteiger partial charge in [0.1, 0.15) is 0 Å². The third-order valence-corrected chi connectivity index (χ3v) is 13.2. The van der Waals surface area contributed by atoms with Gasteiger partial charge in [-0.2, -0.15) is 0 Å². The maximum Gasteiger partial charge on any atom is 0.160 e. The summed E-state index contributed by atoms with van der Waals surface area (Å²) in [5.74, 6) is 0.697. The van der Waals surface area contributed by atoms with Crippen molar-refractivity contribution in [2.24, 2.45) is 0 Å². The highest BCUT2D eigenvalue weighted by atomic mass is 14.9. The zero-order valence-corrected chi connectivity index (χ0v) is 35.9. The first-order valence-electron chi connectivity index (χ1n) is 22.5. The van der Waals surface area contributed by atoms with Crippen molar-refractivity contribution in [3.63, 3.8) is 0 Å². The van der Waals surface area contributed by atoms with Crippen LogP contribution in [0.3, 0.4) is 0 Å². The maximum atomic E-state index is 5.63. The van der Waals surface area contributed by atoms with E-state index in [1.807, 2.05) is 24.3 Å². The molecule has 3 nitrogen and oxygen atoms in total. The van der Waals surface area contributed by atoms with Crippen molar-refractivity contribution in [2.45, 2.75) is 0 Å². The largest absolute Gasteiger partial charge is 0.247 e. The van der Waals surface area contributed by atoms with E-state index in [0.717, 1.165) is 61.2 Å². The summed E-state index contributed by atoms with van der Waals surface area (Å²) in [6.07, 6.45) is 0. The predicted octanol–water partition coefficient (Wildman–Crippen LogP) is 16.8. The molecular weight excluding hydrogens is 799 g/mol. The Labute approximate surface area is 382 Å². The Hall–Kier alpha value is -8.79. The lowest BCUT2D eigenvalue weighted by atomic mass is 9.86. The van der Waals surface area contributed by atoms with Gasteiger partial charge in [0.2, 0.25) is 0 Å². The van der Waals surface area contributed by atoms with E-state index in [-0.39, 0.29) is 0 Å². The lowest BCUT2D eigenvalue weighted by Gasteiger charge is -2.19. The Balaban J connectivity index is 1.06. The molecule has 0 unspecified atom stereocenters. The number of pyridine rings is 1. The van der Waals surface area contributed by atoms with Crippen molar-refractivity contribution in [3.05, 3.63) is 237 Å². The van der Waals surface area contributed by atoms with Crippen LogP contribution < -0.4 is 0 Å². The molecule has 0 fully saturated rings. The van der Waals surface area contributed by atoms with Crippen molar-refractivity contribution in [1.82, 2.24) is 15.0 Å². The number of benzene rings is 11. The Bertz CT molecular complexity index is 3970. The van der Waals surface area contributed by atoms with E-state index < -0.39 is 0 Å². The van der Waals surface area contributed by atoms with Gasteiger partial charge in [0.05, 0.1) is 22.6 Å². The summed E-state index contributed by atoms with van der Waals surface area (Å²) in [5.41, 5.74) is 12.4. The van der Waals surface area contributed by atoms with Crippen LogP contribution in [0.25, 0.3) is 132 Å². The van der Waals surface area contributed by atoms with Crippen molar-refractivity contribution in [2.75, 3.05) is 0 Å². The van der Waals surface area contributed by atoms with Crippen LogP contribution in [0, 0.1) is 0 Å². The van der Waals surface area contributed by atoms with Crippen LogP contribution in [0.15, 0.2) is 237 Å². The van der Waals surface area contributed by atoms with Crippen molar-refractivity contribution in [3.8, 4) is 67.4 Å². The third kappa shape index (κ3) is 6.32. The summed E-state index contributed by atoms with van der Waals surface area (Å²) >= 11 is 0. The minimum atomic E-state index is 0.697. The van der Waals surface area contributed by atoms with Gasteiger partial charge in [-0.05, 0) is 101 Å². The number of nitrogens with zero attached hydrogens (tertiary/aromatic N) is 3. The second kappa shape index (κ2) is 15.5. The van der Waals surface area contributed by atoms with Crippen LogP contribution >= 0.6 is 0 Å². The molecule has 2 heterocycles. The lowest BCUT2D eigenvalue weighted by Crippen LogP contribution is -1.96. The molecule has 0 saturated heterocycles. The summed E-state index contributed by atoms with van der Waals surface area (Å²) in [6, 6.07) is 84.8. The normalized spacial score (nSPS) is 11.6.